The minimum atomic E-state index is -0.617. The van der Waals surface area contributed by atoms with Gasteiger partial charge in [-0.15, -0.1) is 0 Å². The van der Waals surface area contributed by atoms with Crippen LogP contribution in [-0.2, 0) is 16.1 Å². The summed E-state index contributed by atoms with van der Waals surface area (Å²) in [6.45, 7) is 3.73. The summed E-state index contributed by atoms with van der Waals surface area (Å²) in [5, 5.41) is 2.64. The van der Waals surface area contributed by atoms with Crippen molar-refractivity contribution in [2.24, 2.45) is 5.41 Å². The minimum absolute atomic E-state index is 0.123. The maximum Gasteiger partial charge on any atom is 0.313 e. The Morgan fingerprint density at radius 1 is 1.12 bits per heavy atom. The molecule has 136 valence electrons. The second-order valence-electron chi connectivity index (χ2n) is 7.39. The third-order valence-corrected chi connectivity index (χ3v) is 5.64. The summed E-state index contributed by atoms with van der Waals surface area (Å²) in [7, 11) is 0. The van der Waals surface area contributed by atoms with Crippen LogP contribution < -0.4 is 10.9 Å². The van der Waals surface area contributed by atoms with E-state index in [1.54, 1.807) is 17.2 Å². The first-order chi connectivity index (χ1) is 12.0. The molecule has 1 aromatic heterocycles. The maximum atomic E-state index is 12.6. The number of likely N-dealkylation sites (tertiary alicyclic amines) is 1. The third kappa shape index (κ3) is 3.94. The Morgan fingerprint density at radius 2 is 1.84 bits per heavy atom. The molecule has 3 rings (SSSR count). The molecular formula is C19H27N3O3. The second kappa shape index (κ2) is 7.42. The Balaban J connectivity index is 1.65. The normalized spacial score (nSPS) is 19.6. The number of pyridine rings is 1. The van der Waals surface area contributed by atoms with Crippen LogP contribution in [0.1, 0.15) is 51.9 Å². The zero-order valence-electron chi connectivity index (χ0n) is 14.9. The second-order valence-corrected chi connectivity index (χ2v) is 7.39. The Labute approximate surface area is 148 Å². The number of aryl methyl sites for hydroxylation is 1. The number of aromatic nitrogens is 1. The van der Waals surface area contributed by atoms with Crippen LogP contribution >= 0.6 is 0 Å². The van der Waals surface area contributed by atoms with Gasteiger partial charge in [0.1, 0.15) is 0 Å². The van der Waals surface area contributed by atoms with E-state index < -0.39 is 11.8 Å². The molecule has 6 nitrogen and oxygen atoms in total. The van der Waals surface area contributed by atoms with Gasteiger partial charge in [-0.25, -0.2) is 0 Å². The lowest BCUT2D eigenvalue weighted by atomic mass is 9.69. The van der Waals surface area contributed by atoms with Crippen LogP contribution in [0.3, 0.4) is 0 Å². The van der Waals surface area contributed by atoms with Crippen molar-refractivity contribution in [2.75, 3.05) is 18.4 Å². The van der Waals surface area contributed by atoms with Gasteiger partial charge in [0.15, 0.2) is 0 Å². The van der Waals surface area contributed by atoms with Crippen LogP contribution in [0.15, 0.2) is 23.1 Å². The molecule has 2 fully saturated rings. The van der Waals surface area contributed by atoms with Crippen LogP contribution in [0.2, 0.25) is 0 Å². The first-order valence-corrected chi connectivity index (χ1v) is 9.34. The third-order valence-electron chi connectivity index (χ3n) is 5.64. The molecule has 1 saturated carbocycles. The minimum Gasteiger partial charge on any atom is -0.334 e. The maximum absolute atomic E-state index is 12.6. The smallest absolute Gasteiger partial charge is 0.313 e. The fourth-order valence-electron chi connectivity index (χ4n) is 4.27. The van der Waals surface area contributed by atoms with Crippen molar-refractivity contribution in [1.29, 1.82) is 0 Å². The van der Waals surface area contributed by atoms with Gasteiger partial charge >= 0.3 is 11.8 Å². The number of piperidine rings is 1. The zero-order valence-corrected chi connectivity index (χ0v) is 14.9. The Morgan fingerprint density at radius 3 is 2.56 bits per heavy atom. The largest absolute Gasteiger partial charge is 0.334 e. The monoisotopic (exact) mass is 345 g/mol. The van der Waals surface area contributed by atoms with E-state index in [-0.39, 0.29) is 11.0 Å². The summed E-state index contributed by atoms with van der Waals surface area (Å²) in [5.74, 6) is -1.08. The lowest BCUT2D eigenvalue weighted by Crippen LogP contribution is -2.50. The first kappa shape index (κ1) is 17.7. The summed E-state index contributed by atoms with van der Waals surface area (Å²) in [5.41, 5.74) is 0.577. The lowest BCUT2D eigenvalue weighted by Gasteiger charge is -2.45. The summed E-state index contributed by atoms with van der Waals surface area (Å²) >= 11 is 0. The number of amides is 2. The van der Waals surface area contributed by atoms with Gasteiger partial charge in [0.05, 0.1) is 5.69 Å². The van der Waals surface area contributed by atoms with E-state index in [9.17, 15) is 14.4 Å². The highest BCUT2D eigenvalue weighted by Crippen LogP contribution is 2.43. The van der Waals surface area contributed by atoms with E-state index in [1.165, 1.54) is 49.2 Å². The molecule has 0 aromatic carbocycles. The molecule has 2 aliphatic rings. The molecule has 1 aliphatic heterocycles. The van der Waals surface area contributed by atoms with Crippen molar-refractivity contribution < 1.29 is 9.59 Å². The van der Waals surface area contributed by atoms with Crippen molar-refractivity contribution in [1.82, 2.24) is 9.47 Å². The van der Waals surface area contributed by atoms with Gasteiger partial charge < -0.3 is 14.8 Å². The summed E-state index contributed by atoms with van der Waals surface area (Å²) in [6, 6.07) is 2.94. The van der Waals surface area contributed by atoms with E-state index in [1.807, 2.05) is 6.92 Å². The van der Waals surface area contributed by atoms with Crippen LogP contribution in [0, 0.1) is 5.41 Å². The molecule has 6 heteroatoms. The molecule has 0 radical (unpaired) electrons. The first-order valence-electron chi connectivity index (χ1n) is 9.34. The quantitative estimate of drug-likeness (QED) is 0.837. The molecule has 1 aliphatic carbocycles. The van der Waals surface area contributed by atoms with Gasteiger partial charge in [-0.05, 0) is 44.1 Å². The number of nitrogens with zero attached hydrogens (tertiary/aromatic N) is 2. The molecule has 0 unspecified atom stereocenters. The molecular weight excluding hydrogens is 318 g/mol. The average molecular weight is 345 g/mol. The Bertz CT molecular complexity index is 699. The van der Waals surface area contributed by atoms with Crippen LogP contribution in [-0.4, -0.2) is 34.4 Å². The SMILES string of the molecule is CCn1cc(NC(=O)C(=O)N2CCCC3(CCCCC3)C2)ccc1=O. The van der Waals surface area contributed by atoms with Crippen molar-refractivity contribution in [3.8, 4) is 0 Å². The standard InChI is InChI=1S/C19H27N3O3/c1-2-21-13-15(7-8-16(21)23)20-17(24)18(25)22-12-6-11-19(14-22)9-4-3-5-10-19/h7-8,13H,2-6,9-12,14H2,1H3,(H,20,24). The van der Waals surface area contributed by atoms with Crippen LogP contribution in [0.25, 0.3) is 0 Å². The highest BCUT2D eigenvalue weighted by atomic mass is 16.2. The number of carbonyl (C=O) groups is 2. The van der Waals surface area contributed by atoms with Crippen LogP contribution in [0.4, 0.5) is 5.69 Å². The van der Waals surface area contributed by atoms with E-state index in [0.29, 0.717) is 25.3 Å². The molecule has 1 aromatic rings. The van der Waals surface area contributed by atoms with Gasteiger partial charge in [0.2, 0.25) is 0 Å². The number of carbonyl (C=O) groups excluding carboxylic acids is 2. The van der Waals surface area contributed by atoms with Crippen LogP contribution in [0.5, 0.6) is 0 Å². The average Bonchev–Trinajstić information content (AvgIpc) is 2.63. The Kier molecular flexibility index (Phi) is 5.25. The Hall–Kier alpha value is -2.11. The number of anilines is 1. The number of hydrogen-bond acceptors (Lipinski definition) is 3. The topological polar surface area (TPSA) is 71.4 Å². The number of rotatable bonds is 2. The molecule has 2 amide bonds. The molecule has 0 bridgehead atoms. The summed E-state index contributed by atoms with van der Waals surface area (Å²) < 4.78 is 1.50. The predicted octanol–water partition coefficient (Wildman–Crippen LogP) is 2.38. The van der Waals surface area contributed by atoms with E-state index in [2.05, 4.69) is 5.32 Å². The van der Waals surface area contributed by atoms with Gasteiger partial charge in [-0.2, -0.15) is 0 Å². The van der Waals surface area contributed by atoms with E-state index in [4.69, 9.17) is 0 Å². The van der Waals surface area contributed by atoms with Gasteiger partial charge in [0, 0.05) is 31.9 Å². The van der Waals surface area contributed by atoms with Gasteiger partial charge in [-0.3, -0.25) is 14.4 Å². The molecule has 0 atom stereocenters. The molecule has 25 heavy (non-hydrogen) atoms. The number of nitrogens with one attached hydrogen (secondary N) is 1. The van der Waals surface area contributed by atoms with Gasteiger partial charge in [0.25, 0.3) is 5.56 Å². The lowest BCUT2D eigenvalue weighted by molar-refractivity contribution is -0.146. The van der Waals surface area contributed by atoms with E-state index in [0.717, 1.165) is 6.42 Å². The summed E-state index contributed by atoms with van der Waals surface area (Å²) in [6.07, 6.45) is 9.79. The van der Waals surface area contributed by atoms with Crippen molar-refractivity contribution in [2.45, 2.75) is 58.4 Å². The highest BCUT2D eigenvalue weighted by Gasteiger charge is 2.39. The fourth-order valence-corrected chi connectivity index (χ4v) is 4.27. The van der Waals surface area contributed by atoms with E-state index >= 15 is 0 Å². The zero-order chi connectivity index (χ0) is 17.9. The van der Waals surface area contributed by atoms with Crippen molar-refractivity contribution in [3.05, 3.63) is 28.7 Å². The highest BCUT2D eigenvalue weighted by molar-refractivity contribution is 6.39. The number of hydrogen-bond donors (Lipinski definition) is 1. The molecule has 1 N–H and O–H groups in total. The summed E-state index contributed by atoms with van der Waals surface area (Å²) in [4.78, 5) is 38.3. The molecule has 1 spiro atoms. The molecule has 2 heterocycles. The molecule has 1 saturated heterocycles. The predicted molar refractivity (Wildman–Crippen MR) is 96.3 cm³/mol. The fraction of sp³-hybridized carbons (Fsp3) is 0.632. The van der Waals surface area contributed by atoms with Crippen molar-refractivity contribution >= 4 is 17.5 Å². The van der Waals surface area contributed by atoms with Gasteiger partial charge in [-0.1, -0.05) is 19.3 Å². The van der Waals surface area contributed by atoms with Crippen molar-refractivity contribution in [3.63, 3.8) is 0 Å².